The Morgan fingerprint density at radius 1 is 1.24 bits per heavy atom. The third kappa shape index (κ3) is 5.30. The molecule has 0 unspecified atom stereocenters. The van der Waals surface area contributed by atoms with Gasteiger partial charge in [-0.2, -0.15) is 5.26 Å². The van der Waals surface area contributed by atoms with Crippen molar-refractivity contribution in [3.8, 4) is 34.8 Å². The van der Waals surface area contributed by atoms with Crippen LogP contribution in [0, 0.1) is 29.1 Å². The molecule has 3 aromatic rings. The normalized spacial score (nSPS) is 12.6. The van der Waals surface area contributed by atoms with Crippen molar-refractivity contribution in [3.05, 3.63) is 52.6 Å². The summed E-state index contributed by atoms with van der Waals surface area (Å²) >= 11 is 1.24. The van der Waals surface area contributed by atoms with Crippen molar-refractivity contribution in [2.24, 2.45) is 5.92 Å². The molecule has 1 aliphatic rings. The van der Waals surface area contributed by atoms with Crippen LogP contribution < -0.4 is 10.1 Å². The van der Waals surface area contributed by atoms with E-state index >= 15 is 0 Å². The molecule has 1 aliphatic carbocycles. The summed E-state index contributed by atoms with van der Waals surface area (Å²) in [6.07, 6.45) is 3.47. The van der Waals surface area contributed by atoms with Crippen molar-refractivity contribution in [2.45, 2.75) is 25.7 Å². The lowest BCUT2D eigenvalue weighted by Gasteiger charge is -2.14. The largest absolute Gasteiger partial charge is 0.494 e. The Balaban J connectivity index is 1.70. The van der Waals surface area contributed by atoms with E-state index in [0.717, 1.165) is 17.7 Å². The molecule has 0 bridgehead atoms. The van der Waals surface area contributed by atoms with Crippen molar-refractivity contribution in [3.63, 3.8) is 0 Å². The lowest BCUT2D eigenvalue weighted by atomic mass is 9.98. The van der Waals surface area contributed by atoms with E-state index < -0.39 is 18.0 Å². The first-order valence-electron chi connectivity index (χ1n) is 9.95. The number of carbonyl (C=O) groups is 1. The fourth-order valence-corrected chi connectivity index (χ4v) is 3.66. The second-order valence-corrected chi connectivity index (χ2v) is 8.22. The highest BCUT2D eigenvalue weighted by Gasteiger charge is 2.21. The topological polar surface area (TPSA) is 101 Å². The van der Waals surface area contributed by atoms with Crippen LogP contribution in [0.25, 0.3) is 11.1 Å². The number of thiazole rings is 1. The Morgan fingerprint density at radius 2 is 2.06 bits per heavy atom. The van der Waals surface area contributed by atoms with E-state index in [1.165, 1.54) is 43.0 Å². The number of nitrogens with one attached hydrogen (secondary N) is 1. The standard InChI is InChI=1S/C23H17F2N5O2S/c1-32-20-12-28-19(21(24)25)9-17(20)16-8-14(6-7-26)27-11-18(16)22(31)30-23-29-10-15(33-23)5-4-13-2-3-13/h8-13,21H,2-3,6H2,1H3,(H,29,30,31). The van der Waals surface area contributed by atoms with Crippen LogP contribution in [0.3, 0.4) is 0 Å². The highest BCUT2D eigenvalue weighted by Crippen LogP contribution is 2.35. The van der Waals surface area contributed by atoms with E-state index in [0.29, 0.717) is 22.3 Å². The number of nitriles is 1. The fourth-order valence-electron chi connectivity index (χ4n) is 2.99. The number of alkyl halides is 2. The van der Waals surface area contributed by atoms with Gasteiger partial charge in [-0.25, -0.2) is 13.8 Å². The Bertz CT molecular complexity index is 1300. The summed E-state index contributed by atoms with van der Waals surface area (Å²) in [6.45, 7) is 0. The summed E-state index contributed by atoms with van der Waals surface area (Å²) in [4.78, 5) is 25.9. The molecule has 4 rings (SSSR count). The number of amides is 1. The van der Waals surface area contributed by atoms with E-state index in [1.54, 1.807) is 6.20 Å². The SMILES string of the molecule is COc1cnc(C(F)F)cc1-c1cc(CC#N)ncc1C(=O)Nc1ncc(C#CC2CC2)s1. The van der Waals surface area contributed by atoms with Crippen molar-refractivity contribution in [1.29, 1.82) is 5.26 Å². The van der Waals surface area contributed by atoms with Gasteiger partial charge in [0.2, 0.25) is 0 Å². The minimum atomic E-state index is -2.81. The highest BCUT2D eigenvalue weighted by molar-refractivity contribution is 7.16. The van der Waals surface area contributed by atoms with Crippen LogP contribution in [0.1, 0.15) is 45.9 Å². The van der Waals surface area contributed by atoms with Gasteiger partial charge in [0, 0.05) is 23.2 Å². The number of nitrogens with zero attached hydrogens (tertiary/aromatic N) is 4. The number of anilines is 1. The van der Waals surface area contributed by atoms with E-state index in [-0.39, 0.29) is 23.3 Å². The number of aromatic nitrogens is 3. The van der Waals surface area contributed by atoms with Crippen LogP contribution in [0.5, 0.6) is 5.75 Å². The van der Waals surface area contributed by atoms with Crippen molar-refractivity contribution in [1.82, 2.24) is 15.0 Å². The molecule has 166 valence electrons. The molecule has 0 aliphatic heterocycles. The lowest BCUT2D eigenvalue weighted by molar-refractivity contribution is 0.102. The van der Waals surface area contributed by atoms with Crippen LogP contribution >= 0.6 is 11.3 Å². The Kier molecular flexibility index (Phi) is 6.57. The summed E-state index contributed by atoms with van der Waals surface area (Å²) < 4.78 is 31.9. The number of rotatable bonds is 6. The van der Waals surface area contributed by atoms with Crippen LogP contribution in [0.15, 0.2) is 30.7 Å². The maximum Gasteiger partial charge on any atom is 0.280 e. The van der Waals surface area contributed by atoms with Crippen LogP contribution in [0.2, 0.25) is 0 Å². The zero-order valence-corrected chi connectivity index (χ0v) is 18.2. The average molecular weight is 465 g/mol. The van der Waals surface area contributed by atoms with Gasteiger partial charge in [-0.3, -0.25) is 20.1 Å². The second-order valence-electron chi connectivity index (χ2n) is 7.19. The van der Waals surface area contributed by atoms with Gasteiger partial charge >= 0.3 is 0 Å². The molecular weight excluding hydrogens is 448 g/mol. The number of halogens is 2. The number of methoxy groups -OCH3 is 1. The molecule has 1 saturated carbocycles. The summed E-state index contributed by atoms with van der Waals surface area (Å²) in [6, 6.07) is 4.67. The number of hydrogen-bond donors (Lipinski definition) is 1. The summed E-state index contributed by atoms with van der Waals surface area (Å²) in [7, 11) is 1.37. The predicted octanol–water partition coefficient (Wildman–Crippen LogP) is 4.63. The molecule has 0 atom stereocenters. The Morgan fingerprint density at radius 3 is 2.76 bits per heavy atom. The van der Waals surface area contributed by atoms with Gasteiger partial charge in [0.05, 0.1) is 48.1 Å². The van der Waals surface area contributed by atoms with Crippen molar-refractivity contribution < 1.29 is 18.3 Å². The number of carbonyl (C=O) groups excluding carboxylic acids is 1. The van der Waals surface area contributed by atoms with Gasteiger partial charge in [0.1, 0.15) is 11.4 Å². The molecule has 0 aromatic carbocycles. The maximum absolute atomic E-state index is 13.3. The molecule has 0 saturated heterocycles. The van der Waals surface area contributed by atoms with Gasteiger partial charge in [-0.1, -0.05) is 23.2 Å². The summed E-state index contributed by atoms with van der Waals surface area (Å²) in [5.41, 5.74) is 0.564. The molecule has 7 nitrogen and oxygen atoms in total. The Hall–Kier alpha value is -3.89. The molecular formula is C23H17F2N5O2S. The smallest absolute Gasteiger partial charge is 0.280 e. The van der Waals surface area contributed by atoms with Gasteiger partial charge in [0.25, 0.3) is 12.3 Å². The molecule has 0 spiro atoms. The average Bonchev–Trinajstić information content (AvgIpc) is 3.55. The van der Waals surface area contributed by atoms with E-state index in [9.17, 15) is 13.6 Å². The summed E-state index contributed by atoms with van der Waals surface area (Å²) in [5.74, 6) is 6.30. The molecule has 10 heteroatoms. The first-order chi connectivity index (χ1) is 16.0. The van der Waals surface area contributed by atoms with Gasteiger partial charge in [-0.05, 0) is 25.0 Å². The molecule has 1 fully saturated rings. The van der Waals surface area contributed by atoms with E-state index in [4.69, 9.17) is 10.00 Å². The quantitative estimate of drug-likeness (QED) is 0.533. The molecule has 3 aromatic heterocycles. The van der Waals surface area contributed by atoms with Gasteiger partial charge in [-0.15, -0.1) is 0 Å². The summed E-state index contributed by atoms with van der Waals surface area (Å²) in [5, 5.41) is 12.1. The van der Waals surface area contributed by atoms with Crippen LogP contribution in [-0.4, -0.2) is 28.0 Å². The lowest BCUT2D eigenvalue weighted by Crippen LogP contribution is -2.14. The highest BCUT2D eigenvalue weighted by atomic mass is 32.1. The predicted molar refractivity (Wildman–Crippen MR) is 118 cm³/mol. The van der Waals surface area contributed by atoms with Gasteiger partial charge < -0.3 is 4.74 Å². The monoisotopic (exact) mass is 465 g/mol. The molecule has 0 radical (unpaired) electrons. The third-order valence-electron chi connectivity index (χ3n) is 4.79. The number of pyridine rings is 2. The third-order valence-corrected chi connectivity index (χ3v) is 5.62. The minimum absolute atomic E-state index is 0.0144. The first-order valence-corrected chi connectivity index (χ1v) is 10.8. The zero-order valence-electron chi connectivity index (χ0n) is 17.4. The minimum Gasteiger partial charge on any atom is -0.494 e. The second kappa shape index (κ2) is 9.72. The Labute approximate surface area is 192 Å². The molecule has 33 heavy (non-hydrogen) atoms. The fraction of sp³-hybridized carbons (Fsp3) is 0.261. The van der Waals surface area contributed by atoms with E-state index in [2.05, 4.69) is 32.1 Å². The zero-order chi connectivity index (χ0) is 23.4. The molecule has 3 heterocycles. The first kappa shape index (κ1) is 22.3. The van der Waals surface area contributed by atoms with Crippen LogP contribution in [-0.2, 0) is 6.42 Å². The molecule has 1 N–H and O–H groups in total. The van der Waals surface area contributed by atoms with E-state index in [1.807, 2.05) is 6.07 Å². The number of hydrogen-bond acceptors (Lipinski definition) is 7. The van der Waals surface area contributed by atoms with Crippen molar-refractivity contribution in [2.75, 3.05) is 12.4 Å². The number of ether oxygens (including phenoxy) is 1. The van der Waals surface area contributed by atoms with Crippen LogP contribution in [0.4, 0.5) is 13.9 Å². The maximum atomic E-state index is 13.3. The van der Waals surface area contributed by atoms with Crippen molar-refractivity contribution >= 4 is 22.4 Å². The van der Waals surface area contributed by atoms with Gasteiger partial charge in [0.15, 0.2) is 5.13 Å². The molecule has 1 amide bonds.